The number of fused-ring (bicyclic) bond motifs is 1. The summed E-state index contributed by atoms with van der Waals surface area (Å²) in [4.78, 5) is 41.1. The number of carbonyl (C=O) groups excluding carboxylic acids is 3. The molecule has 0 bridgehead atoms. The van der Waals surface area contributed by atoms with E-state index in [-0.39, 0.29) is 36.5 Å². The number of esters is 1. The molecule has 0 radical (unpaired) electrons. The topological polar surface area (TPSA) is 103 Å². The highest BCUT2D eigenvalue weighted by atomic mass is 16.5. The molecule has 1 aliphatic heterocycles. The zero-order chi connectivity index (χ0) is 23.6. The van der Waals surface area contributed by atoms with Gasteiger partial charge in [0.1, 0.15) is 17.0 Å². The van der Waals surface area contributed by atoms with Gasteiger partial charge in [-0.05, 0) is 38.8 Å². The van der Waals surface area contributed by atoms with Gasteiger partial charge < -0.3 is 14.8 Å². The number of methoxy groups -OCH3 is 1. The maximum absolute atomic E-state index is 13.7. The molecule has 1 aromatic carbocycles. The summed E-state index contributed by atoms with van der Waals surface area (Å²) in [6.07, 6.45) is 5.17. The molecule has 0 saturated heterocycles. The molecule has 4 rings (SSSR count). The number of benzene rings is 1. The van der Waals surface area contributed by atoms with E-state index in [1.165, 1.54) is 22.1 Å². The first-order chi connectivity index (χ1) is 15.9. The molecule has 0 spiro atoms. The van der Waals surface area contributed by atoms with Crippen LogP contribution in [-0.4, -0.2) is 52.9 Å². The number of amides is 2. The Bertz CT molecular complexity index is 1060. The number of nitrogens with zero attached hydrogens (tertiary/aromatic N) is 3. The van der Waals surface area contributed by atoms with Gasteiger partial charge in [0.25, 0.3) is 5.91 Å². The first kappa shape index (κ1) is 22.8. The second kappa shape index (κ2) is 9.25. The predicted octanol–water partition coefficient (Wildman–Crippen LogP) is 2.94. The van der Waals surface area contributed by atoms with E-state index >= 15 is 0 Å². The monoisotopic (exact) mass is 454 g/mol. The minimum Gasteiger partial charge on any atom is -0.497 e. The molecule has 1 N–H and O–H groups in total. The van der Waals surface area contributed by atoms with Gasteiger partial charge in [0.15, 0.2) is 5.69 Å². The highest BCUT2D eigenvalue weighted by Crippen LogP contribution is 2.35. The lowest BCUT2D eigenvalue weighted by Crippen LogP contribution is -2.65. The van der Waals surface area contributed by atoms with Crippen LogP contribution >= 0.6 is 0 Å². The van der Waals surface area contributed by atoms with Crippen LogP contribution < -0.4 is 15.0 Å². The zero-order valence-electron chi connectivity index (χ0n) is 19.3. The smallest absolute Gasteiger partial charge is 0.358 e. The molecule has 2 amide bonds. The Balaban J connectivity index is 1.75. The summed E-state index contributed by atoms with van der Waals surface area (Å²) in [5.74, 6) is -0.696. The Morgan fingerprint density at radius 3 is 2.67 bits per heavy atom. The van der Waals surface area contributed by atoms with Gasteiger partial charge in [-0.15, -0.1) is 0 Å². The third-order valence-electron chi connectivity index (χ3n) is 6.38. The van der Waals surface area contributed by atoms with Crippen LogP contribution in [0.15, 0.2) is 30.3 Å². The maximum Gasteiger partial charge on any atom is 0.358 e. The van der Waals surface area contributed by atoms with Crippen LogP contribution in [0, 0.1) is 0 Å². The van der Waals surface area contributed by atoms with Crippen molar-refractivity contribution in [2.24, 2.45) is 0 Å². The molecule has 1 saturated carbocycles. The zero-order valence-corrected chi connectivity index (χ0v) is 19.3. The molecule has 2 aromatic rings. The number of nitrogens with one attached hydrogen (secondary N) is 1. The van der Waals surface area contributed by atoms with Crippen molar-refractivity contribution in [3.05, 3.63) is 41.7 Å². The lowest BCUT2D eigenvalue weighted by Gasteiger charge is -2.44. The summed E-state index contributed by atoms with van der Waals surface area (Å²) in [6.45, 7) is 3.74. The van der Waals surface area contributed by atoms with Gasteiger partial charge in [-0.1, -0.05) is 25.3 Å². The third-order valence-corrected chi connectivity index (χ3v) is 6.38. The van der Waals surface area contributed by atoms with Crippen molar-refractivity contribution >= 4 is 23.5 Å². The van der Waals surface area contributed by atoms with Crippen molar-refractivity contribution in [3.8, 4) is 5.75 Å². The van der Waals surface area contributed by atoms with Gasteiger partial charge in [-0.3, -0.25) is 19.2 Å². The molecule has 0 unspecified atom stereocenters. The maximum atomic E-state index is 13.7. The van der Waals surface area contributed by atoms with E-state index in [0.717, 1.165) is 25.7 Å². The van der Waals surface area contributed by atoms with Gasteiger partial charge >= 0.3 is 5.97 Å². The van der Waals surface area contributed by atoms with E-state index in [1.54, 1.807) is 45.2 Å². The fourth-order valence-electron chi connectivity index (χ4n) is 4.63. The molecule has 1 fully saturated rings. The van der Waals surface area contributed by atoms with Gasteiger partial charge in [-0.2, -0.15) is 5.10 Å². The minimum atomic E-state index is -1.26. The van der Waals surface area contributed by atoms with Crippen molar-refractivity contribution < 1.29 is 23.9 Å². The SMILES string of the molecule is CCOC(=O)c1cc2n(n1)C[C@@](C)(C(=O)NC1CCCCC1)N(c1cccc(OC)c1)C2=O. The van der Waals surface area contributed by atoms with Crippen LogP contribution in [0.5, 0.6) is 5.75 Å². The number of anilines is 1. The Labute approximate surface area is 193 Å². The average molecular weight is 455 g/mol. The van der Waals surface area contributed by atoms with Crippen molar-refractivity contribution in [2.45, 2.75) is 64.1 Å². The number of aromatic nitrogens is 2. The summed E-state index contributed by atoms with van der Waals surface area (Å²) in [6, 6.07) is 8.55. The fraction of sp³-hybridized carbons (Fsp3) is 0.500. The van der Waals surface area contributed by atoms with E-state index < -0.39 is 17.4 Å². The van der Waals surface area contributed by atoms with Crippen LogP contribution in [0.1, 0.15) is 66.9 Å². The van der Waals surface area contributed by atoms with Crippen molar-refractivity contribution in [2.75, 3.05) is 18.6 Å². The molecule has 2 heterocycles. The lowest BCUT2D eigenvalue weighted by molar-refractivity contribution is -0.127. The normalized spacial score (nSPS) is 20.8. The quantitative estimate of drug-likeness (QED) is 0.674. The Hall–Kier alpha value is -3.36. The summed E-state index contributed by atoms with van der Waals surface area (Å²) in [5, 5.41) is 7.46. The van der Waals surface area contributed by atoms with E-state index in [2.05, 4.69) is 10.4 Å². The Kier molecular flexibility index (Phi) is 6.40. The van der Waals surface area contributed by atoms with Crippen molar-refractivity contribution in [3.63, 3.8) is 0 Å². The van der Waals surface area contributed by atoms with Crippen LogP contribution in [0.3, 0.4) is 0 Å². The highest BCUT2D eigenvalue weighted by Gasteiger charge is 2.49. The molecule has 9 nitrogen and oxygen atoms in total. The molecule has 176 valence electrons. The molecule has 2 aliphatic rings. The van der Waals surface area contributed by atoms with Gasteiger partial charge in [0, 0.05) is 23.9 Å². The second-order valence-corrected chi connectivity index (χ2v) is 8.72. The summed E-state index contributed by atoms with van der Waals surface area (Å²) in [5.41, 5.74) is -0.455. The summed E-state index contributed by atoms with van der Waals surface area (Å²) >= 11 is 0. The Morgan fingerprint density at radius 2 is 1.97 bits per heavy atom. The largest absolute Gasteiger partial charge is 0.497 e. The minimum absolute atomic E-state index is 0.0442. The van der Waals surface area contributed by atoms with Crippen LogP contribution in [0.2, 0.25) is 0 Å². The third kappa shape index (κ3) is 4.31. The number of hydrogen-bond donors (Lipinski definition) is 1. The predicted molar refractivity (Wildman–Crippen MR) is 121 cm³/mol. The number of hydrogen-bond acceptors (Lipinski definition) is 6. The lowest BCUT2D eigenvalue weighted by atomic mass is 9.91. The Morgan fingerprint density at radius 1 is 1.21 bits per heavy atom. The van der Waals surface area contributed by atoms with Gasteiger partial charge in [0.2, 0.25) is 5.91 Å². The molecule has 1 aliphatic carbocycles. The van der Waals surface area contributed by atoms with Crippen molar-refractivity contribution in [1.82, 2.24) is 15.1 Å². The van der Waals surface area contributed by atoms with Gasteiger partial charge in [0.05, 0.1) is 20.3 Å². The summed E-state index contributed by atoms with van der Waals surface area (Å²) < 4.78 is 11.8. The van der Waals surface area contributed by atoms with Crippen LogP contribution in [0.4, 0.5) is 5.69 Å². The molecular weight excluding hydrogens is 424 g/mol. The first-order valence-electron chi connectivity index (χ1n) is 11.4. The average Bonchev–Trinajstić information content (AvgIpc) is 3.24. The molecule has 1 atom stereocenters. The van der Waals surface area contributed by atoms with Gasteiger partial charge in [-0.25, -0.2) is 4.79 Å². The van der Waals surface area contributed by atoms with E-state index in [1.807, 2.05) is 0 Å². The molecular formula is C24H30N4O5. The number of carbonyl (C=O) groups is 3. The number of ether oxygens (including phenoxy) is 2. The van der Waals surface area contributed by atoms with E-state index in [9.17, 15) is 14.4 Å². The van der Waals surface area contributed by atoms with Crippen molar-refractivity contribution in [1.29, 1.82) is 0 Å². The molecule has 33 heavy (non-hydrogen) atoms. The fourth-order valence-corrected chi connectivity index (χ4v) is 4.63. The van der Waals surface area contributed by atoms with Crippen LogP contribution in [0.25, 0.3) is 0 Å². The second-order valence-electron chi connectivity index (χ2n) is 8.72. The molecule has 9 heteroatoms. The van der Waals surface area contributed by atoms with E-state index in [4.69, 9.17) is 9.47 Å². The molecule has 1 aromatic heterocycles. The van der Waals surface area contributed by atoms with E-state index in [0.29, 0.717) is 11.4 Å². The standard InChI is InChI=1S/C24H30N4O5/c1-4-33-22(30)19-14-20-21(29)28(17-11-8-12-18(13-17)32-3)24(2,15-27(20)26-19)23(31)25-16-9-6-5-7-10-16/h8,11-14,16H,4-7,9-10,15H2,1-3H3,(H,25,31)/t24-/m0/s1. The van der Waals surface area contributed by atoms with Crippen LogP contribution in [-0.2, 0) is 16.1 Å². The first-order valence-corrected chi connectivity index (χ1v) is 11.4. The highest BCUT2D eigenvalue weighted by molar-refractivity contribution is 6.12. The summed E-state index contributed by atoms with van der Waals surface area (Å²) in [7, 11) is 1.55. The number of rotatable bonds is 6.